The third kappa shape index (κ3) is 3.94. The van der Waals surface area contributed by atoms with Crippen LogP contribution in [-0.2, 0) is 5.41 Å². The minimum atomic E-state index is -0.620. The molecule has 2 aliphatic rings. The summed E-state index contributed by atoms with van der Waals surface area (Å²) >= 11 is 0. The van der Waals surface area contributed by atoms with Gasteiger partial charge in [0.15, 0.2) is 17.5 Å². The zero-order valence-electron chi connectivity index (χ0n) is 27.2. The van der Waals surface area contributed by atoms with Crippen LogP contribution in [0.15, 0.2) is 168 Å². The Bertz CT molecular complexity index is 2790. The van der Waals surface area contributed by atoms with Crippen molar-refractivity contribution in [3.05, 3.63) is 186 Å². The highest BCUT2D eigenvalue weighted by Gasteiger charge is 2.51. The smallest absolute Gasteiger partial charge is 0.164 e. The first-order valence-electron chi connectivity index (χ1n) is 17.1. The Morgan fingerprint density at radius 1 is 0.412 bits per heavy atom. The van der Waals surface area contributed by atoms with E-state index in [1.165, 1.54) is 22.3 Å². The van der Waals surface area contributed by atoms with E-state index < -0.39 is 5.41 Å². The van der Waals surface area contributed by atoms with Crippen molar-refractivity contribution in [2.75, 3.05) is 0 Å². The maximum Gasteiger partial charge on any atom is 0.164 e. The third-order valence-corrected chi connectivity index (χ3v) is 10.4. The van der Waals surface area contributed by atoms with Crippen molar-refractivity contribution < 1.29 is 9.15 Å². The van der Waals surface area contributed by atoms with Crippen molar-refractivity contribution in [1.82, 2.24) is 15.0 Å². The van der Waals surface area contributed by atoms with Crippen LogP contribution in [0, 0.1) is 0 Å². The Morgan fingerprint density at radius 3 is 1.76 bits per heavy atom. The molecule has 238 valence electrons. The number of ether oxygens (including phenoxy) is 1. The average molecular weight is 654 g/mol. The fourth-order valence-corrected chi connectivity index (χ4v) is 8.28. The number of benzene rings is 7. The molecule has 1 aliphatic heterocycles. The van der Waals surface area contributed by atoms with Crippen molar-refractivity contribution in [2.24, 2.45) is 0 Å². The highest BCUT2D eigenvalue weighted by molar-refractivity contribution is 6.15. The van der Waals surface area contributed by atoms with Crippen LogP contribution in [0.5, 0.6) is 11.5 Å². The Balaban J connectivity index is 1.18. The van der Waals surface area contributed by atoms with Gasteiger partial charge in [0.05, 0.1) is 5.41 Å². The van der Waals surface area contributed by atoms with Gasteiger partial charge in [0, 0.05) is 38.6 Å². The van der Waals surface area contributed by atoms with E-state index in [1.54, 1.807) is 0 Å². The van der Waals surface area contributed by atoms with E-state index >= 15 is 0 Å². The molecule has 0 radical (unpaired) electrons. The highest BCUT2D eigenvalue weighted by atomic mass is 16.5. The van der Waals surface area contributed by atoms with Gasteiger partial charge in [-0.3, -0.25) is 0 Å². The Morgan fingerprint density at radius 2 is 1.00 bits per heavy atom. The van der Waals surface area contributed by atoms with E-state index in [2.05, 4.69) is 84.9 Å². The molecule has 0 saturated carbocycles. The molecule has 1 aliphatic carbocycles. The molecule has 0 saturated heterocycles. The van der Waals surface area contributed by atoms with Gasteiger partial charge in [-0.1, -0.05) is 140 Å². The van der Waals surface area contributed by atoms with Crippen molar-refractivity contribution >= 4 is 21.9 Å². The molecular formula is C46H27N3O2. The van der Waals surface area contributed by atoms with Crippen molar-refractivity contribution in [1.29, 1.82) is 0 Å². The number of hydrogen-bond acceptors (Lipinski definition) is 5. The number of para-hydroxylation sites is 2. The van der Waals surface area contributed by atoms with Crippen LogP contribution in [0.1, 0.15) is 22.3 Å². The fraction of sp³-hybridized carbons (Fsp3) is 0.0217. The molecule has 1 atom stereocenters. The largest absolute Gasteiger partial charge is 0.457 e. The van der Waals surface area contributed by atoms with Gasteiger partial charge in [-0.2, -0.15) is 0 Å². The normalized spacial score (nSPS) is 15.3. The number of furan rings is 1. The number of nitrogens with zero attached hydrogens (tertiary/aromatic N) is 3. The summed E-state index contributed by atoms with van der Waals surface area (Å²) in [6, 6.07) is 56.5. The van der Waals surface area contributed by atoms with Gasteiger partial charge >= 0.3 is 0 Å². The number of hydrogen-bond donors (Lipinski definition) is 0. The quantitative estimate of drug-likeness (QED) is 0.190. The molecule has 1 spiro atoms. The molecule has 9 aromatic rings. The maximum atomic E-state index is 6.84. The topological polar surface area (TPSA) is 61.0 Å². The van der Waals surface area contributed by atoms with Crippen LogP contribution in [0.3, 0.4) is 0 Å². The molecule has 0 fully saturated rings. The van der Waals surface area contributed by atoms with Crippen molar-refractivity contribution in [2.45, 2.75) is 5.41 Å². The fourth-order valence-electron chi connectivity index (χ4n) is 8.28. The molecule has 5 nitrogen and oxygen atoms in total. The van der Waals surface area contributed by atoms with Crippen molar-refractivity contribution in [3.63, 3.8) is 0 Å². The highest BCUT2D eigenvalue weighted by Crippen LogP contribution is 2.63. The third-order valence-electron chi connectivity index (χ3n) is 10.4. The number of rotatable bonds is 3. The average Bonchev–Trinajstić information content (AvgIpc) is 3.72. The Labute approximate surface area is 293 Å². The van der Waals surface area contributed by atoms with Gasteiger partial charge in [-0.15, -0.1) is 0 Å². The first-order valence-corrected chi connectivity index (χ1v) is 17.1. The Kier molecular flexibility index (Phi) is 5.81. The van der Waals surface area contributed by atoms with E-state index in [0.717, 1.165) is 61.3 Å². The summed E-state index contributed by atoms with van der Waals surface area (Å²) in [7, 11) is 0. The summed E-state index contributed by atoms with van der Waals surface area (Å²) in [5.41, 5.74) is 10.9. The van der Waals surface area contributed by atoms with E-state index in [4.69, 9.17) is 24.1 Å². The summed E-state index contributed by atoms with van der Waals surface area (Å²) in [6.45, 7) is 0. The first-order chi connectivity index (χ1) is 25.3. The molecule has 11 rings (SSSR count). The summed E-state index contributed by atoms with van der Waals surface area (Å²) in [4.78, 5) is 15.0. The monoisotopic (exact) mass is 653 g/mol. The molecule has 1 unspecified atom stereocenters. The molecule has 0 N–H and O–H groups in total. The van der Waals surface area contributed by atoms with Crippen LogP contribution < -0.4 is 4.74 Å². The summed E-state index contributed by atoms with van der Waals surface area (Å²) in [5.74, 6) is 3.42. The summed E-state index contributed by atoms with van der Waals surface area (Å²) < 4.78 is 13.3. The van der Waals surface area contributed by atoms with Crippen molar-refractivity contribution in [3.8, 4) is 56.8 Å². The molecule has 0 bridgehead atoms. The summed E-state index contributed by atoms with van der Waals surface area (Å²) in [6.07, 6.45) is 0. The SMILES string of the molecule is c1ccc(-c2nc(-c3ccccc3)nc(-c3ccc4c(c3)Oc3ccccc3C43c4ccccc4-c4c3ccc3oc5ccccc5c43)n2)cc1. The Hall–Kier alpha value is -6.85. The lowest BCUT2D eigenvalue weighted by molar-refractivity contribution is 0.436. The minimum absolute atomic E-state index is 0.584. The van der Waals surface area contributed by atoms with Crippen LogP contribution in [-0.4, -0.2) is 15.0 Å². The molecule has 3 heterocycles. The second-order valence-corrected chi connectivity index (χ2v) is 13.1. The molecule has 0 amide bonds. The van der Waals surface area contributed by atoms with Crippen LogP contribution in [0.25, 0.3) is 67.2 Å². The first kappa shape index (κ1) is 28.0. The minimum Gasteiger partial charge on any atom is -0.457 e. The second kappa shape index (κ2) is 10.6. The van der Waals surface area contributed by atoms with Gasteiger partial charge in [0.1, 0.15) is 22.7 Å². The predicted octanol–water partition coefficient (Wildman–Crippen LogP) is 11.2. The van der Waals surface area contributed by atoms with Gasteiger partial charge < -0.3 is 9.15 Å². The van der Waals surface area contributed by atoms with Crippen LogP contribution in [0.4, 0.5) is 0 Å². The molecular weight excluding hydrogens is 627 g/mol. The van der Waals surface area contributed by atoms with Gasteiger partial charge in [0.2, 0.25) is 0 Å². The van der Waals surface area contributed by atoms with E-state index in [1.807, 2.05) is 78.9 Å². The van der Waals surface area contributed by atoms with Gasteiger partial charge in [-0.05, 0) is 46.5 Å². The summed E-state index contributed by atoms with van der Waals surface area (Å²) in [5, 5.41) is 2.26. The van der Waals surface area contributed by atoms with E-state index in [9.17, 15) is 0 Å². The maximum absolute atomic E-state index is 6.84. The lowest BCUT2D eigenvalue weighted by atomic mass is 9.66. The number of fused-ring (bicyclic) bond motifs is 13. The lowest BCUT2D eigenvalue weighted by Gasteiger charge is -2.39. The molecule has 51 heavy (non-hydrogen) atoms. The van der Waals surface area contributed by atoms with E-state index in [-0.39, 0.29) is 0 Å². The second-order valence-electron chi connectivity index (χ2n) is 13.1. The molecule has 5 heteroatoms. The number of aromatic nitrogens is 3. The van der Waals surface area contributed by atoms with E-state index in [0.29, 0.717) is 17.5 Å². The van der Waals surface area contributed by atoms with Gasteiger partial charge in [-0.25, -0.2) is 15.0 Å². The van der Waals surface area contributed by atoms with Crippen LogP contribution in [0.2, 0.25) is 0 Å². The van der Waals surface area contributed by atoms with Crippen LogP contribution >= 0.6 is 0 Å². The zero-order valence-corrected chi connectivity index (χ0v) is 27.2. The molecule has 2 aromatic heterocycles. The standard InChI is InChI=1S/C46H27N3O2/c1-3-13-28(14-4-1)43-47-44(29-15-5-2-6-16-29)49-45(48-43)30-23-24-35-40(27-30)51-38-22-12-10-20-34(38)46(35)33-19-9-7-17-31(33)41-36(46)25-26-39-42(41)32-18-8-11-21-37(32)50-39/h1-27H. The molecule has 7 aromatic carbocycles. The van der Waals surface area contributed by atoms with Gasteiger partial charge in [0.25, 0.3) is 0 Å². The zero-order chi connectivity index (χ0) is 33.5. The predicted molar refractivity (Wildman–Crippen MR) is 201 cm³/mol. The lowest BCUT2D eigenvalue weighted by Crippen LogP contribution is -2.32.